The second-order valence-electron chi connectivity index (χ2n) is 6.30. The molecule has 0 spiro atoms. The molecule has 2 saturated carbocycles. The molecule has 0 amide bonds. The van der Waals surface area contributed by atoms with Crippen molar-refractivity contribution in [1.29, 1.82) is 0 Å². The number of halogens is 1. The van der Waals surface area contributed by atoms with E-state index in [0.717, 1.165) is 30.4 Å². The van der Waals surface area contributed by atoms with Crippen molar-refractivity contribution >= 4 is 0 Å². The van der Waals surface area contributed by atoms with Crippen molar-refractivity contribution in [2.24, 2.45) is 11.8 Å². The predicted octanol–water partition coefficient (Wildman–Crippen LogP) is 3.93. The van der Waals surface area contributed by atoms with Gasteiger partial charge in [-0.2, -0.15) is 0 Å². The topological polar surface area (TPSA) is 12.0 Å². The molecule has 104 valence electrons. The smallest absolute Gasteiger partial charge is 0.123 e. The number of hydrogen-bond acceptors (Lipinski definition) is 1. The van der Waals surface area contributed by atoms with Gasteiger partial charge in [-0.25, -0.2) is 4.39 Å². The lowest BCUT2D eigenvalue weighted by Crippen LogP contribution is -2.35. The summed E-state index contributed by atoms with van der Waals surface area (Å²) in [4.78, 5) is 0. The largest absolute Gasteiger partial charge is 0.314 e. The first-order valence-corrected chi connectivity index (χ1v) is 7.79. The average Bonchev–Trinajstić information content (AvgIpc) is 3.23. The monoisotopic (exact) mass is 261 g/mol. The average molecular weight is 261 g/mol. The molecular formula is C17H24FN. The molecule has 0 heterocycles. The maximum absolute atomic E-state index is 13.1. The molecule has 0 aliphatic heterocycles. The summed E-state index contributed by atoms with van der Waals surface area (Å²) >= 11 is 0. The highest BCUT2D eigenvalue weighted by molar-refractivity contribution is 5.16. The molecular weight excluding hydrogens is 237 g/mol. The van der Waals surface area contributed by atoms with E-state index in [1.165, 1.54) is 44.6 Å². The minimum absolute atomic E-state index is 0.121. The summed E-state index contributed by atoms with van der Waals surface area (Å²) in [5.41, 5.74) is 1.10. The van der Waals surface area contributed by atoms with Crippen LogP contribution in [0.1, 0.15) is 44.1 Å². The van der Waals surface area contributed by atoms with Crippen molar-refractivity contribution < 1.29 is 4.39 Å². The quantitative estimate of drug-likeness (QED) is 0.847. The summed E-state index contributed by atoms with van der Waals surface area (Å²) < 4.78 is 13.1. The van der Waals surface area contributed by atoms with Crippen molar-refractivity contribution in [3.8, 4) is 0 Å². The number of rotatable bonds is 5. The minimum atomic E-state index is -0.121. The third kappa shape index (κ3) is 3.79. The highest BCUT2D eigenvalue weighted by Gasteiger charge is 2.34. The molecule has 1 nitrogen and oxygen atoms in total. The lowest BCUT2D eigenvalue weighted by atomic mass is 9.82. The zero-order valence-corrected chi connectivity index (χ0v) is 11.6. The Bertz CT molecular complexity index is 413. The van der Waals surface area contributed by atoms with E-state index in [-0.39, 0.29) is 5.82 Å². The Morgan fingerprint density at radius 2 is 2.00 bits per heavy atom. The van der Waals surface area contributed by atoms with E-state index in [1.54, 1.807) is 12.1 Å². The molecule has 2 atom stereocenters. The van der Waals surface area contributed by atoms with Gasteiger partial charge in [0.05, 0.1) is 0 Å². The van der Waals surface area contributed by atoms with Crippen LogP contribution in [0, 0.1) is 17.7 Å². The van der Waals surface area contributed by atoms with Crippen molar-refractivity contribution in [3.05, 3.63) is 35.6 Å². The molecule has 1 aromatic carbocycles. The van der Waals surface area contributed by atoms with Gasteiger partial charge in [-0.3, -0.25) is 0 Å². The maximum Gasteiger partial charge on any atom is 0.123 e. The summed E-state index contributed by atoms with van der Waals surface area (Å²) in [5, 5.41) is 3.68. The van der Waals surface area contributed by atoms with E-state index in [0.29, 0.717) is 6.04 Å². The Labute approximate surface area is 115 Å². The van der Waals surface area contributed by atoms with Crippen molar-refractivity contribution in [1.82, 2.24) is 5.32 Å². The van der Waals surface area contributed by atoms with Crippen molar-refractivity contribution in [3.63, 3.8) is 0 Å². The first-order valence-electron chi connectivity index (χ1n) is 7.79. The summed E-state index contributed by atoms with van der Waals surface area (Å²) in [5.74, 6) is 1.91. The van der Waals surface area contributed by atoms with Gasteiger partial charge in [0.2, 0.25) is 0 Å². The van der Waals surface area contributed by atoms with E-state index in [2.05, 4.69) is 5.32 Å². The lowest BCUT2D eigenvalue weighted by Gasteiger charge is -2.30. The lowest BCUT2D eigenvalue weighted by molar-refractivity contribution is 0.262. The van der Waals surface area contributed by atoms with Gasteiger partial charge in [0, 0.05) is 6.04 Å². The van der Waals surface area contributed by atoms with Gasteiger partial charge in [-0.15, -0.1) is 0 Å². The molecule has 19 heavy (non-hydrogen) atoms. The number of hydrogen-bond donors (Lipinski definition) is 1. The second kappa shape index (κ2) is 6.04. The Morgan fingerprint density at radius 3 is 2.79 bits per heavy atom. The molecule has 1 aromatic rings. The Hall–Kier alpha value is -0.890. The van der Waals surface area contributed by atoms with Crippen LogP contribution in [0.3, 0.4) is 0 Å². The van der Waals surface area contributed by atoms with Gasteiger partial charge < -0.3 is 5.32 Å². The van der Waals surface area contributed by atoms with Crippen LogP contribution in [0.4, 0.5) is 4.39 Å². The van der Waals surface area contributed by atoms with E-state index in [9.17, 15) is 4.39 Å². The molecule has 2 heteroatoms. The highest BCUT2D eigenvalue weighted by Crippen LogP contribution is 2.43. The third-order valence-corrected chi connectivity index (χ3v) is 4.74. The van der Waals surface area contributed by atoms with Gasteiger partial charge in [0.25, 0.3) is 0 Å². The predicted molar refractivity (Wildman–Crippen MR) is 76.6 cm³/mol. The van der Waals surface area contributed by atoms with Crippen LogP contribution in [0.25, 0.3) is 0 Å². The minimum Gasteiger partial charge on any atom is -0.314 e. The van der Waals surface area contributed by atoms with Gasteiger partial charge in [-0.1, -0.05) is 25.0 Å². The first-order chi connectivity index (χ1) is 9.31. The van der Waals surface area contributed by atoms with E-state index in [4.69, 9.17) is 0 Å². The second-order valence-corrected chi connectivity index (χ2v) is 6.30. The fourth-order valence-corrected chi connectivity index (χ4v) is 3.52. The molecule has 2 fully saturated rings. The Kier molecular flexibility index (Phi) is 4.17. The fraction of sp³-hybridized carbons (Fsp3) is 0.647. The van der Waals surface area contributed by atoms with E-state index >= 15 is 0 Å². The fourth-order valence-electron chi connectivity index (χ4n) is 3.52. The zero-order valence-electron chi connectivity index (χ0n) is 11.6. The number of benzene rings is 1. The third-order valence-electron chi connectivity index (χ3n) is 4.74. The Balaban J connectivity index is 1.41. The van der Waals surface area contributed by atoms with Crippen LogP contribution in [-0.2, 0) is 6.42 Å². The van der Waals surface area contributed by atoms with Crippen molar-refractivity contribution in [2.75, 3.05) is 6.54 Å². The molecule has 0 saturated heterocycles. The molecule has 2 aliphatic carbocycles. The highest BCUT2D eigenvalue weighted by atomic mass is 19.1. The van der Waals surface area contributed by atoms with Gasteiger partial charge in [-0.05, 0) is 68.2 Å². The summed E-state index contributed by atoms with van der Waals surface area (Å²) in [7, 11) is 0. The first kappa shape index (κ1) is 13.1. The van der Waals surface area contributed by atoms with Gasteiger partial charge >= 0.3 is 0 Å². The standard InChI is InChI=1S/C17H24FN/c18-16-5-1-3-13(11-16)9-10-19-17-6-2-4-15(12-17)14-7-8-14/h1,3,5,11,14-15,17,19H,2,4,6-10,12H2. The van der Waals surface area contributed by atoms with Gasteiger partial charge in [0.1, 0.15) is 5.82 Å². The molecule has 1 N–H and O–H groups in total. The molecule has 2 unspecified atom stereocenters. The van der Waals surface area contributed by atoms with Crippen LogP contribution in [0.15, 0.2) is 24.3 Å². The Morgan fingerprint density at radius 1 is 1.11 bits per heavy atom. The van der Waals surface area contributed by atoms with Gasteiger partial charge in [0.15, 0.2) is 0 Å². The molecule has 3 rings (SSSR count). The van der Waals surface area contributed by atoms with Crippen LogP contribution in [-0.4, -0.2) is 12.6 Å². The summed E-state index contributed by atoms with van der Waals surface area (Å²) in [6, 6.07) is 7.67. The zero-order chi connectivity index (χ0) is 13.1. The van der Waals surface area contributed by atoms with E-state index < -0.39 is 0 Å². The summed E-state index contributed by atoms with van der Waals surface area (Å²) in [6.07, 6.45) is 9.41. The van der Waals surface area contributed by atoms with Crippen LogP contribution >= 0.6 is 0 Å². The van der Waals surface area contributed by atoms with Crippen LogP contribution < -0.4 is 5.32 Å². The molecule has 2 aliphatic rings. The van der Waals surface area contributed by atoms with Crippen LogP contribution in [0.2, 0.25) is 0 Å². The normalized spacial score (nSPS) is 27.4. The number of nitrogens with one attached hydrogen (secondary N) is 1. The van der Waals surface area contributed by atoms with E-state index in [1.807, 2.05) is 6.07 Å². The summed E-state index contributed by atoms with van der Waals surface area (Å²) in [6.45, 7) is 0.978. The SMILES string of the molecule is Fc1cccc(CCNC2CCCC(C3CC3)C2)c1. The molecule has 0 bridgehead atoms. The molecule has 0 aromatic heterocycles. The van der Waals surface area contributed by atoms with Crippen LogP contribution in [0.5, 0.6) is 0 Å². The molecule has 0 radical (unpaired) electrons. The van der Waals surface area contributed by atoms with Crippen molar-refractivity contribution in [2.45, 2.75) is 51.0 Å². The maximum atomic E-state index is 13.1.